The van der Waals surface area contributed by atoms with E-state index < -0.39 is 10.8 Å². The summed E-state index contributed by atoms with van der Waals surface area (Å²) in [6, 6.07) is 29.6. The first kappa shape index (κ1) is 27.4. The Balaban J connectivity index is 1.46. The Bertz CT molecular complexity index is 1560. The van der Waals surface area contributed by atoms with Crippen LogP contribution in [0.3, 0.4) is 0 Å². The quantitative estimate of drug-likeness (QED) is 0.103. The van der Waals surface area contributed by atoms with Crippen LogP contribution in [0.5, 0.6) is 17.2 Å². The fraction of sp³-hybridized carbons (Fsp3) is 0.0968. The second-order valence-electron chi connectivity index (χ2n) is 8.54. The average Bonchev–Trinajstić information content (AvgIpc) is 2.99. The molecule has 9 nitrogen and oxygen atoms in total. The number of amides is 1. The fourth-order valence-electron chi connectivity index (χ4n) is 3.68. The second-order valence-corrected chi connectivity index (χ2v) is 8.54. The molecule has 0 unspecified atom stereocenters. The highest BCUT2D eigenvalue weighted by atomic mass is 16.6. The molecule has 0 saturated heterocycles. The SMILES string of the molecule is COc1ccc(/C=C(\C#N)C(=O)Nc2ccc(OCc3ccccc3)cc2)c(OCc2cccc([N+](=O)[O-])c2)c1. The Kier molecular flexibility index (Phi) is 9.09. The number of nitriles is 1. The highest BCUT2D eigenvalue weighted by Crippen LogP contribution is 2.28. The molecule has 9 heteroatoms. The number of hydrogen-bond acceptors (Lipinski definition) is 7. The fourth-order valence-corrected chi connectivity index (χ4v) is 3.68. The molecule has 4 aromatic rings. The second kappa shape index (κ2) is 13.3. The van der Waals surface area contributed by atoms with Gasteiger partial charge in [0.25, 0.3) is 11.6 Å². The highest BCUT2D eigenvalue weighted by Gasteiger charge is 2.13. The number of anilines is 1. The van der Waals surface area contributed by atoms with Crippen LogP contribution in [0.15, 0.2) is 103 Å². The normalized spacial score (nSPS) is 10.8. The zero-order valence-electron chi connectivity index (χ0n) is 21.6. The number of nitrogens with one attached hydrogen (secondary N) is 1. The number of ether oxygens (including phenoxy) is 3. The van der Waals surface area contributed by atoms with Crippen LogP contribution in [0.1, 0.15) is 16.7 Å². The summed E-state index contributed by atoms with van der Waals surface area (Å²) in [5, 5.41) is 23.5. The van der Waals surface area contributed by atoms with E-state index in [2.05, 4.69) is 5.32 Å². The van der Waals surface area contributed by atoms with Gasteiger partial charge in [-0.1, -0.05) is 42.5 Å². The number of non-ortho nitro benzene ring substituents is 1. The first-order valence-electron chi connectivity index (χ1n) is 12.2. The molecule has 4 aromatic carbocycles. The predicted octanol–water partition coefficient (Wildman–Crippen LogP) is 6.31. The summed E-state index contributed by atoms with van der Waals surface area (Å²) in [6.07, 6.45) is 1.41. The van der Waals surface area contributed by atoms with Crippen molar-refractivity contribution in [3.05, 3.63) is 129 Å². The van der Waals surface area contributed by atoms with Gasteiger partial charge in [0.1, 0.15) is 42.1 Å². The van der Waals surface area contributed by atoms with E-state index >= 15 is 0 Å². The Hall–Kier alpha value is -5.62. The maximum atomic E-state index is 12.9. The third-order valence-corrected chi connectivity index (χ3v) is 5.76. The largest absolute Gasteiger partial charge is 0.497 e. The molecule has 0 fully saturated rings. The number of rotatable bonds is 11. The molecule has 0 aromatic heterocycles. The molecule has 0 heterocycles. The Morgan fingerprint density at radius 1 is 0.900 bits per heavy atom. The average molecular weight is 536 g/mol. The van der Waals surface area contributed by atoms with Gasteiger partial charge in [-0.15, -0.1) is 0 Å². The van der Waals surface area contributed by atoms with Gasteiger partial charge in [-0.2, -0.15) is 5.26 Å². The lowest BCUT2D eigenvalue weighted by molar-refractivity contribution is -0.384. The van der Waals surface area contributed by atoms with E-state index in [-0.39, 0.29) is 17.9 Å². The van der Waals surface area contributed by atoms with E-state index in [9.17, 15) is 20.2 Å². The van der Waals surface area contributed by atoms with Crippen LogP contribution in [0.2, 0.25) is 0 Å². The number of methoxy groups -OCH3 is 1. The van der Waals surface area contributed by atoms with E-state index in [1.165, 1.54) is 25.3 Å². The van der Waals surface area contributed by atoms with Crippen LogP contribution >= 0.6 is 0 Å². The van der Waals surface area contributed by atoms with Crippen molar-refractivity contribution in [1.82, 2.24) is 0 Å². The number of carbonyl (C=O) groups is 1. The van der Waals surface area contributed by atoms with Crippen molar-refractivity contribution in [3.63, 3.8) is 0 Å². The first-order valence-corrected chi connectivity index (χ1v) is 12.2. The molecular formula is C31H25N3O6. The maximum Gasteiger partial charge on any atom is 0.269 e. The minimum absolute atomic E-state index is 0.0302. The van der Waals surface area contributed by atoms with Crippen LogP contribution in [0.4, 0.5) is 11.4 Å². The summed E-state index contributed by atoms with van der Waals surface area (Å²) in [4.78, 5) is 23.5. The van der Waals surface area contributed by atoms with Gasteiger partial charge < -0.3 is 19.5 Å². The van der Waals surface area contributed by atoms with Gasteiger partial charge in [-0.3, -0.25) is 14.9 Å². The Morgan fingerprint density at radius 2 is 1.60 bits per heavy atom. The van der Waals surface area contributed by atoms with Gasteiger partial charge in [0.15, 0.2) is 0 Å². The lowest BCUT2D eigenvalue weighted by atomic mass is 10.1. The molecular weight excluding hydrogens is 510 g/mol. The molecule has 0 aliphatic heterocycles. The summed E-state index contributed by atoms with van der Waals surface area (Å²) < 4.78 is 17.0. The zero-order valence-corrected chi connectivity index (χ0v) is 21.6. The molecule has 0 aliphatic carbocycles. The molecule has 4 rings (SSSR count). The van der Waals surface area contributed by atoms with E-state index in [4.69, 9.17) is 14.2 Å². The zero-order chi connectivity index (χ0) is 28.3. The van der Waals surface area contributed by atoms with E-state index in [1.807, 2.05) is 36.4 Å². The molecule has 1 N–H and O–H groups in total. The Morgan fingerprint density at radius 3 is 2.30 bits per heavy atom. The summed E-state index contributed by atoms with van der Waals surface area (Å²) >= 11 is 0. The van der Waals surface area contributed by atoms with Gasteiger partial charge in [0.05, 0.1) is 12.0 Å². The van der Waals surface area contributed by atoms with E-state index in [0.29, 0.717) is 40.7 Å². The van der Waals surface area contributed by atoms with Crippen LogP contribution < -0.4 is 19.5 Å². The van der Waals surface area contributed by atoms with E-state index in [0.717, 1.165) is 5.56 Å². The first-order chi connectivity index (χ1) is 19.4. The molecule has 0 spiro atoms. The number of hydrogen-bond donors (Lipinski definition) is 1. The van der Waals surface area contributed by atoms with Crippen LogP contribution in [-0.2, 0) is 18.0 Å². The molecule has 0 radical (unpaired) electrons. The van der Waals surface area contributed by atoms with Crippen LogP contribution in [0.25, 0.3) is 6.08 Å². The highest BCUT2D eigenvalue weighted by molar-refractivity contribution is 6.09. The smallest absolute Gasteiger partial charge is 0.269 e. The molecule has 0 aliphatic rings. The van der Waals surface area contributed by atoms with Crippen LogP contribution in [0, 0.1) is 21.4 Å². The van der Waals surface area contributed by atoms with Crippen molar-refractivity contribution < 1.29 is 23.9 Å². The lowest BCUT2D eigenvalue weighted by Crippen LogP contribution is -2.13. The van der Waals surface area contributed by atoms with Crippen molar-refractivity contribution in [1.29, 1.82) is 5.26 Å². The number of carbonyl (C=O) groups excluding carboxylic acids is 1. The molecule has 40 heavy (non-hydrogen) atoms. The summed E-state index contributed by atoms with van der Waals surface area (Å²) in [6.45, 7) is 0.448. The number of nitrogens with zero attached hydrogens (tertiary/aromatic N) is 2. The minimum Gasteiger partial charge on any atom is -0.497 e. The topological polar surface area (TPSA) is 124 Å². The molecule has 1 amide bonds. The van der Waals surface area contributed by atoms with E-state index in [1.54, 1.807) is 54.6 Å². The van der Waals surface area contributed by atoms with Gasteiger partial charge in [-0.05, 0) is 53.6 Å². The summed E-state index contributed by atoms with van der Waals surface area (Å²) in [5.74, 6) is 0.887. The van der Waals surface area contributed by atoms with Crippen LogP contribution in [-0.4, -0.2) is 17.9 Å². The van der Waals surface area contributed by atoms with Gasteiger partial charge >= 0.3 is 0 Å². The number of benzene rings is 4. The predicted molar refractivity (Wildman–Crippen MR) is 150 cm³/mol. The third-order valence-electron chi connectivity index (χ3n) is 5.76. The lowest BCUT2D eigenvalue weighted by Gasteiger charge is -2.12. The third kappa shape index (κ3) is 7.46. The molecule has 0 atom stereocenters. The minimum atomic E-state index is -0.596. The van der Waals surface area contributed by atoms with Crippen molar-refractivity contribution in [2.24, 2.45) is 0 Å². The monoisotopic (exact) mass is 535 g/mol. The molecule has 200 valence electrons. The van der Waals surface area contributed by atoms with Gasteiger partial charge in [0.2, 0.25) is 0 Å². The van der Waals surface area contributed by atoms with Gasteiger partial charge in [0, 0.05) is 29.4 Å². The van der Waals surface area contributed by atoms with Crippen molar-refractivity contribution in [2.75, 3.05) is 12.4 Å². The molecule has 0 bridgehead atoms. The van der Waals surface area contributed by atoms with Crippen molar-refractivity contribution in [2.45, 2.75) is 13.2 Å². The summed E-state index contributed by atoms with van der Waals surface area (Å²) in [7, 11) is 1.50. The van der Waals surface area contributed by atoms with Gasteiger partial charge in [-0.25, -0.2) is 0 Å². The molecule has 0 saturated carbocycles. The maximum absolute atomic E-state index is 12.9. The number of nitro groups is 1. The standard InChI is InChI=1S/C31H25N3O6/c1-38-29-13-10-24(30(18-29)40-21-23-8-5-9-27(16-23)34(36)37)17-25(19-32)31(35)33-26-11-14-28(15-12-26)39-20-22-6-3-2-4-7-22/h2-18H,20-21H2,1H3,(H,33,35)/b25-17+. The van der Waals surface area contributed by atoms with Crippen molar-refractivity contribution in [3.8, 4) is 23.3 Å². The van der Waals surface area contributed by atoms with Crippen molar-refractivity contribution >= 4 is 23.4 Å². The number of nitro benzene ring substituents is 1. The summed E-state index contributed by atoms with van der Waals surface area (Å²) in [5.41, 5.74) is 2.38. The Labute approximate surface area is 231 Å².